The number of ether oxygens (including phenoxy) is 1. The second kappa shape index (κ2) is 9.07. The highest BCUT2D eigenvalue weighted by atomic mass is 35.5. The van der Waals surface area contributed by atoms with Crippen molar-refractivity contribution in [2.45, 2.75) is 6.04 Å². The summed E-state index contributed by atoms with van der Waals surface area (Å²) >= 11 is 7.83. The number of rotatable bonds is 5. The van der Waals surface area contributed by atoms with Crippen LogP contribution in [0.2, 0.25) is 5.02 Å². The molecule has 0 radical (unpaired) electrons. The minimum Gasteiger partial charge on any atom is -0.466 e. The Balaban J connectivity index is 1.52. The average Bonchev–Trinajstić information content (AvgIpc) is 3.29. The summed E-state index contributed by atoms with van der Waals surface area (Å²) in [6.07, 6.45) is 0. The van der Waals surface area contributed by atoms with Gasteiger partial charge in [0.05, 0.1) is 29.4 Å². The second-order valence-electron chi connectivity index (χ2n) is 7.15. The molecule has 9 heteroatoms. The molecule has 0 unspecified atom stereocenters. The van der Waals surface area contributed by atoms with E-state index >= 15 is 0 Å². The molecule has 1 saturated heterocycles. The first-order chi connectivity index (χ1) is 14.6. The van der Waals surface area contributed by atoms with Gasteiger partial charge in [0.2, 0.25) is 0 Å². The fourth-order valence-corrected chi connectivity index (χ4v) is 4.88. The number of esters is 1. The third kappa shape index (κ3) is 4.30. The zero-order chi connectivity index (χ0) is 21.1. The number of urea groups is 1. The van der Waals surface area contributed by atoms with Crippen molar-refractivity contribution in [1.29, 1.82) is 0 Å². The normalized spacial score (nSPS) is 20.0. The number of para-hydroxylation sites is 1. The van der Waals surface area contributed by atoms with Crippen LogP contribution in [-0.2, 0) is 9.53 Å². The molecular formula is C21H23ClN4O3S. The summed E-state index contributed by atoms with van der Waals surface area (Å²) in [5, 5.41) is 8.34. The first kappa shape index (κ1) is 20.7. The molecule has 1 aromatic heterocycles. The number of nitrogens with zero attached hydrogens (tertiary/aromatic N) is 2. The quantitative estimate of drug-likeness (QED) is 0.691. The van der Waals surface area contributed by atoms with Crippen LogP contribution in [0.25, 0.3) is 0 Å². The third-order valence-corrected chi connectivity index (χ3v) is 6.59. The third-order valence-electron chi connectivity index (χ3n) is 5.33. The summed E-state index contributed by atoms with van der Waals surface area (Å²) in [5.41, 5.74) is 2.07. The molecule has 4 rings (SSSR count). The van der Waals surface area contributed by atoms with Crippen LogP contribution in [0.3, 0.4) is 0 Å². The van der Waals surface area contributed by atoms with Gasteiger partial charge in [-0.3, -0.25) is 4.90 Å². The van der Waals surface area contributed by atoms with Crippen molar-refractivity contribution in [3.63, 3.8) is 0 Å². The van der Waals surface area contributed by atoms with Gasteiger partial charge in [-0.2, -0.15) is 0 Å². The lowest BCUT2D eigenvalue weighted by Crippen LogP contribution is -2.51. The first-order valence-electron chi connectivity index (χ1n) is 9.71. The predicted octanol–water partition coefficient (Wildman–Crippen LogP) is 3.00. The van der Waals surface area contributed by atoms with Gasteiger partial charge in [-0.15, -0.1) is 11.3 Å². The van der Waals surface area contributed by atoms with Gasteiger partial charge in [0.25, 0.3) is 0 Å². The van der Waals surface area contributed by atoms with E-state index < -0.39 is 12.0 Å². The fraction of sp³-hybridized carbons (Fsp3) is 0.333. The maximum absolute atomic E-state index is 12.6. The zero-order valence-electron chi connectivity index (χ0n) is 16.6. The van der Waals surface area contributed by atoms with Crippen LogP contribution < -0.4 is 15.5 Å². The van der Waals surface area contributed by atoms with Gasteiger partial charge in [0, 0.05) is 43.3 Å². The smallest absolute Gasteiger partial charge is 0.338 e. The predicted molar refractivity (Wildman–Crippen MR) is 118 cm³/mol. The molecule has 2 aliphatic heterocycles. The number of carbonyl (C=O) groups is 2. The monoisotopic (exact) mass is 446 g/mol. The fourth-order valence-electron chi connectivity index (χ4n) is 3.84. The number of methoxy groups -OCH3 is 1. The van der Waals surface area contributed by atoms with E-state index in [0.717, 1.165) is 41.8 Å². The number of carbonyl (C=O) groups excluding carboxylic acids is 2. The van der Waals surface area contributed by atoms with Crippen LogP contribution in [0.1, 0.15) is 10.9 Å². The van der Waals surface area contributed by atoms with E-state index in [9.17, 15) is 9.59 Å². The van der Waals surface area contributed by atoms with E-state index in [2.05, 4.69) is 20.4 Å². The highest BCUT2D eigenvalue weighted by Crippen LogP contribution is 2.31. The Bertz CT molecular complexity index is 955. The minimum atomic E-state index is -0.509. The number of hydrogen-bond donors (Lipinski definition) is 2. The number of thiophene rings is 1. The number of anilines is 1. The molecule has 30 heavy (non-hydrogen) atoms. The minimum absolute atomic E-state index is 0.314. The van der Waals surface area contributed by atoms with Gasteiger partial charge in [-0.1, -0.05) is 29.8 Å². The Kier molecular flexibility index (Phi) is 6.26. The Morgan fingerprint density at radius 3 is 2.63 bits per heavy atom. The molecule has 2 aliphatic rings. The standard InChI is InChI=1S/C21H23ClN4O3S/c1-29-20(27)18-15(23-21(28)24-19(18)17-7-4-12-30-17)13-25-8-10-26(11-9-25)16-6-3-2-5-14(16)22/h2-7,12,19H,8-11,13H2,1H3,(H2,23,24,28)/t19-/m1/s1. The molecule has 3 heterocycles. The summed E-state index contributed by atoms with van der Waals surface area (Å²) < 4.78 is 5.04. The van der Waals surface area contributed by atoms with Crippen LogP contribution in [0.4, 0.5) is 10.5 Å². The molecule has 158 valence electrons. The van der Waals surface area contributed by atoms with E-state index in [1.54, 1.807) is 0 Å². The molecule has 0 saturated carbocycles. The summed E-state index contributed by atoms with van der Waals surface area (Å²) in [5.74, 6) is -0.439. The topological polar surface area (TPSA) is 73.9 Å². The molecule has 7 nitrogen and oxygen atoms in total. The molecule has 2 N–H and O–H groups in total. The van der Waals surface area contributed by atoms with Gasteiger partial charge < -0.3 is 20.3 Å². The molecule has 1 atom stereocenters. The summed E-state index contributed by atoms with van der Waals surface area (Å²) in [6, 6.07) is 10.8. The lowest BCUT2D eigenvalue weighted by Gasteiger charge is -2.38. The van der Waals surface area contributed by atoms with Gasteiger partial charge in [0.1, 0.15) is 0 Å². The highest BCUT2D eigenvalue weighted by Gasteiger charge is 2.35. The second-order valence-corrected chi connectivity index (χ2v) is 8.53. The number of nitrogens with one attached hydrogen (secondary N) is 2. The van der Waals surface area contributed by atoms with Crippen LogP contribution in [-0.4, -0.2) is 56.7 Å². The lowest BCUT2D eigenvalue weighted by atomic mass is 10.0. The maximum atomic E-state index is 12.6. The van der Waals surface area contributed by atoms with E-state index in [1.165, 1.54) is 18.4 Å². The van der Waals surface area contributed by atoms with Crippen molar-refractivity contribution in [1.82, 2.24) is 15.5 Å². The van der Waals surface area contributed by atoms with Crippen molar-refractivity contribution in [3.05, 3.63) is 62.9 Å². The van der Waals surface area contributed by atoms with Crippen LogP contribution in [0, 0.1) is 0 Å². The number of amides is 2. The zero-order valence-corrected chi connectivity index (χ0v) is 18.1. The largest absolute Gasteiger partial charge is 0.466 e. The molecule has 1 aromatic carbocycles. The molecule has 1 fully saturated rings. The number of halogens is 1. The number of hydrogen-bond acceptors (Lipinski definition) is 6. The maximum Gasteiger partial charge on any atom is 0.338 e. The SMILES string of the molecule is COC(=O)C1=C(CN2CCN(c3ccccc3Cl)CC2)NC(=O)N[C@@H]1c1cccs1. The van der Waals surface area contributed by atoms with E-state index in [0.29, 0.717) is 17.8 Å². The Morgan fingerprint density at radius 2 is 1.97 bits per heavy atom. The number of piperazine rings is 1. The molecule has 0 aliphatic carbocycles. The Hall–Kier alpha value is -2.55. The molecule has 0 spiro atoms. The highest BCUT2D eigenvalue weighted by molar-refractivity contribution is 7.10. The van der Waals surface area contributed by atoms with Gasteiger partial charge in [0.15, 0.2) is 0 Å². The molecule has 2 amide bonds. The van der Waals surface area contributed by atoms with Crippen molar-refractivity contribution in [2.24, 2.45) is 0 Å². The van der Waals surface area contributed by atoms with E-state index in [1.807, 2.05) is 41.8 Å². The Labute approximate surface area is 184 Å². The summed E-state index contributed by atoms with van der Waals surface area (Å²) in [7, 11) is 1.36. The first-order valence-corrected chi connectivity index (χ1v) is 11.0. The molecule has 0 bridgehead atoms. The van der Waals surface area contributed by atoms with Crippen molar-refractivity contribution >= 4 is 40.6 Å². The van der Waals surface area contributed by atoms with Crippen LogP contribution in [0.5, 0.6) is 0 Å². The van der Waals surface area contributed by atoms with E-state index in [4.69, 9.17) is 16.3 Å². The Morgan fingerprint density at radius 1 is 1.20 bits per heavy atom. The molecule has 2 aromatic rings. The molecular weight excluding hydrogens is 424 g/mol. The van der Waals surface area contributed by atoms with E-state index in [-0.39, 0.29) is 6.03 Å². The summed E-state index contributed by atoms with van der Waals surface area (Å²) in [4.78, 5) is 30.3. The van der Waals surface area contributed by atoms with Crippen molar-refractivity contribution < 1.29 is 14.3 Å². The van der Waals surface area contributed by atoms with Gasteiger partial charge in [-0.25, -0.2) is 9.59 Å². The van der Waals surface area contributed by atoms with Crippen molar-refractivity contribution in [2.75, 3.05) is 44.7 Å². The summed E-state index contributed by atoms with van der Waals surface area (Å²) in [6.45, 7) is 3.67. The lowest BCUT2D eigenvalue weighted by molar-refractivity contribution is -0.136. The average molecular weight is 447 g/mol. The van der Waals surface area contributed by atoms with Crippen molar-refractivity contribution in [3.8, 4) is 0 Å². The number of benzene rings is 1. The van der Waals surface area contributed by atoms with Gasteiger partial charge in [-0.05, 0) is 23.6 Å². The van der Waals surface area contributed by atoms with Gasteiger partial charge >= 0.3 is 12.0 Å². The van der Waals surface area contributed by atoms with Crippen LogP contribution in [0.15, 0.2) is 53.0 Å². The van der Waals surface area contributed by atoms with Crippen LogP contribution >= 0.6 is 22.9 Å².